The first-order valence-corrected chi connectivity index (χ1v) is 9.51. The summed E-state index contributed by atoms with van der Waals surface area (Å²) in [6.45, 7) is 0. The third kappa shape index (κ3) is 4.84. The SMILES string of the molecule is CN(C)c1ccc(NC(=O)Cc2csc(Cc3ccccc3)n2)cc1Cl. The van der Waals surface area contributed by atoms with Crippen LogP contribution in [0.25, 0.3) is 0 Å². The molecule has 0 aliphatic heterocycles. The molecule has 0 saturated heterocycles. The van der Waals surface area contributed by atoms with E-state index in [1.807, 2.05) is 54.7 Å². The normalized spacial score (nSPS) is 10.6. The molecule has 0 radical (unpaired) electrons. The Morgan fingerprint density at radius 2 is 1.96 bits per heavy atom. The smallest absolute Gasteiger partial charge is 0.230 e. The minimum absolute atomic E-state index is 0.102. The zero-order chi connectivity index (χ0) is 18.5. The molecule has 0 fully saturated rings. The van der Waals surface area contributed by atoms with Crippen molar-refractivity contribution in [2.24, 2.45) is 0 Å². The van der Waals surface area contributed by atoms with Gasteiger partial charge in [0.25, 0.3) is 0 Å². The van der Waals surface area contributed by atoms with E-state index >= 15 is 0 Å². The number of hydrogen-bond acceptors (Lipinski definition) is 4. The van der Waals surface area contributed by atoms with E-state index < -0.39 is 0 Å². The Morgan fingerprint density at radius 3 is 2.65 bits per heavy atom. The van der Waals surface area contributed by atoms with Crippen molar-refractivity contribution < 1.29 is 4.79 Å². The molecule has 3 rings (SSSR count). The zero-order valence-corrected chi connectivity index (χ0v) is 16.3. The topological polar surface area (TPSA) is 45.2 Å². The van der Waals surface area contributed by atoms with Crippen molar-refractivity contribution in [1.82, 2.24) is 4.98 Å². The third-order valence-corrected chi connectivity index (χ3v) is 5.05. The van der Waals surface area contributed by atoms with Crippen LogP contribution in [0, 0.1) is 0 Å². The summed E-state index contributed by atoms with van der Waals surface area (Å²) in [5.41, 5.74) is 3.60. The van der Waals surface area contributed by atoms with Crippen LogP contribution < -0.4 is 10.2 Å². The second-order valence-corrected chi connectivity index (χ2v) is 7.53. The summed E-state index contributed by atoms with van der Waals surface area (Å²) < 4.78 is 0. The highest BCUT2D eigenvalue weighted by atomic mass is 35.5. The van der Waals surface area contributed by atoms with Gasteiger partial charge >= 0.3 is 0 Å². The van der Waals surface area contributed by atoms with Crippen LogP contribution in [0.15, 0.2) is 53.9 Å². The molecule has 1 heterocycles. The fourth-order valence-electron chi connectivity index (χ4n) is 2.60. The van der Waals surface area contributed by atoms with Crippen molar-refractivity contribution in [1.29, 1.82) is 0 Å². The molecule has 1 aromatic heterocycles. The molecular formula is C20H20ClN3OS. The van der Waals surface area contributed by atoms with Crippen LogP contribution in [0.2, 0.25) is 5.02 Å². The van der Waals surface area contributed by atoms with Crippen molar-refractivity contribution in [3.63, 3.8) is 0 Å². The fraction of sp³-hybridized carbons (Fsp3) is 0.200. The van der Waals surface area contributed by atoms with Crippen LogP contribution in [0.4, 0.5) is 11.4 Å². The van der Waals surface area contributed by atoms with Gasteiger partial charge < -0.3 is 10.2 Å². The first-order chi connectivity index (χ1) is 12.5. The van der Waals surface area contributed by atoms with Gasteiger partial charge in [-0.25, -0.2) is 4.98 Å². The zero-order valence-electron chi connectivity index (χ0n) is 14.7. The lowest BCUT2D eigenvalue weighted by atomic mass is 10.2. The maximum Gasteiger partial charge on any atom is 0.230 e. The minimum Gasteiger partial charge on any atom is -0.376 e. The van der Waals surface area contributed by atoms with Crippen LogP contribution in [-0.4, -0.2) is 25.0 Å². The molecule has 6 heteroatoms. The van der Waals surface area contributed by atoms with E-state index in [0.717, 1.165) is 22.8 Å². The summed E-state index contributed by atoms with van der Waals surface area (Å²) in [5, 5.41) is 6.44. The summed E-state index contributed by atoms with van der Waals surface area (Å²) in [6, 6.07) is 15.7. The van der Waals surface area contributed by atoms with E-state index in [4.69, 9.17) is 11.6 Å². The summed E-state index contributed by atoms with van der Waals surface area (Å²) in [5.74, 6) is -0.102. The number of hydrogen-bond donors (Lipinski definition) is 1. The molecule has 3 aromatic rings. The molecule has 0 spiro atoms. The van der Waals surface area contributed by atoms with Crippen LogP contribution in [0.3, 0.4) is 0 Å². The lowest BCUT2D eigenvalue weighted by Gasteiger charge is -2.15. The summed E-state index contributed by atoms with van der Waals surface area (Å²) >= 11 is 7.83. The summed E-state index contributed by atoms with van der Waals surface area (Å²) in [6.07, 6.45) is 1.03. The molecular weight excluding hydrogens is 366 g/mol. The van der Waals surface area contributed by atoms with Crippen LogP contribution >= 0.6 is 22.9 Å². The minimum atomic E-state index is -0.102. The molecule has 0 aliphatic carbocycles. The number of thiazole rings is 1. The lowest BCUT2D eigenvalue weighted by molar-refractivity contribution is -0.115. The second kappa shape index (κ2) is 8.34. The fourth-order valence-corrected chi connectivity index (χ4v) is 3.78. The maximum absolute atomic E-state index is 12.3. The molecule has 0 bridgehead atoms. The maximum atomic E-state index is 12.3. The number of carbonyl (C=O) groups excluding carboxylic acids is 1. The number of anilines is 2. The largest absolute Gasteiger partial charge is 0.376 e. The highest BCUT2D eigenvalue weighted by molar-refractivity contribution is 7.09. The number of benzene rings is 2. The van der Waals surface area contributed by atoms with Crippen LogP contribution in [0.5, 0.6) is 0 Å². The van der Waals surface area contributed by atoms with Gasteiger partial charge in [-0.15, -0.1) is 11.3 Å². The van der Waals surface area contributed by atoms with E-state index in [0.29, 0.717) is 10.7 Å². The monoisotopic (exact) mass is 385 g/mol. The molecule has 1 amide bonds. The quantitative estimate of drug-likeness (QED) is 0.672. The Balaban J connectivity index is 1.59. The number of nitrogens with zero attached hydrogens (tertiary/aromatic N) is 2. The van der Waals surface area contributed by atoms with Crippen molar-refractivity contribution >= 4 is 40.2 Å². The Bertz CT molecular complexity index is 893. The highest BCUT2D eigenvalue weighted by Gasteiger charge is 2.10. The first kappa shape index (κ1) is 18.4. The molecule has 0 saturated carbocycles. The van der Waals surface area contributed by atoms with E-state index in [-0.39, 0.29) is 12.3 Å². The number of rotatable bonds is 6. The van der Waals surface area contributed by atoms with Gasteiger partial charge in [0.05, 0.1) is 27.8 Å². The average Bonchev–Trinajstić information content (AvgIpc) is 3.02. The van der Waals surface area contributed by atoms with Crippen molar-refractivity contribution in [2.75, 3.05) is 24.3 Å². The number of aromatic nitrogens is 1. The van der Waals surface area contributed by atoms with Crippen molar-refractivity contribution in [3.8, 4) is 0 Å². The molecule has 134 valence electrons. The summed E-state index contributed by atoms with van der Waals surface area (Å²) in [4.78, 5) is 18.8. The molecule has 0 atom stereocenters. The Kier molecular flexibility index (Phi) is 5.91. The van der Waals surface area contributed by atoms with Crippen LogP contribution in [-0.2, 0) is 17.6 Å². The second-order valence-electron chi connectivity index (χ2n) is 6.18. The van der Waals surface area contributed by atoms with Crippen LogP contribution in [0.1, 0.15) is 16.3 Å². The number of amides is 1. The number of halogens is 1. The van der Waals surface area contributed by atoms with Gasteiger partial charge in [-0.1, -0.05) is 41.9 Å². The molecule has 0 unspecified atom stereocenters. The molecule has 4 nitrogen and oxygen atoms in total. The molecule has 1 N–H and O–H groups in total. The van der Waals surface area contributed by atoms with Gasteiger partial charge in [0.1, 0.15) is 0 Å². The summed E-state index contributed by atoms with van der Waals surface area (Å²) in [7, 11) is 3.85. The van der Waals surface area contributed by atoms with Crippen molar-refractivity contribution in [2.45, 2.75) is 12.8 Å². The standard InChI is InChI=1S/C20H20ClN3OS/c1-24(2)18-9-8-15(11-17(18)21)22-19(25)12-16-13-26-20(23-16)10-14-6-4-3-5-7-14/h3-9,11,13H,10,12H2,1-2H3,(H,22,25). The Hall–Kier alpha value is -2.37. The van der Waals surface area contributed by atoms with Gasteiger partial charge in [0.2, 0.25) is 5.91 Å². The van der Waals surface area contributed by atoms with E-state index in [2.05, 4.69) is 22.4 Å². The molecule has 2 aromatic carbocycles. The lowest BCUT2D eigenvalue weighted by Crippen LogP contribution is -2.15. The Morgan fingerprint density at radius 1 is 1.19 bits per heavy atom. The Labute approximate surface area is 162 Å². The number of nitrogens with one attached hydrogen (secondary N) is 1. The predicted octanol–water partition coefficient (Wildman–Crippen LogP) is 4.63. The van der Waals surface area contributed by atoms with E-state index in [9.17, 15) is 4.79 Å². The van der Waals surface area contributed by atoms with Gasteiger partial charge in [-0.2, -0.15) is 0 Å². The van der Waals surface area contributed by atoms with Gasteiger partial charge in [-0.3, -0.25) is 4.79 Å². The average molecular weight is 386 g/mol. The van der Waals surface area contributed by atoms with Gasteiger partial charge in [0, 0.05) is 31.6 Å². The number of carbonyl (C=O) groups is 1. The van der Waals surface area contributed by atoms with E-state index in [1.54, 1.807) is 17.4 Å². The first-order valence-electron chi connectivity index (χ1n) is 8.25. The third-order valence-electron chi connectivity index (χ3n) is 3.85. The van der Waals surface area contributed by atoms with Gasteiger partial charge in [-0.05, 0) is 23.8 Å². The molecule has 0 aliphatic rings. The molecule has 26 heavy (non-hydrogen) atoms. The van der Waals surface area contributed by atoms with E-state index in [1.165, 1.54) is 5.56 Å². The highest BCUT2D eigenvalue weighted by Crippen LogP contribution is 2.27. The van der Waals surface area contributed by atoms with Gasteiger partial charge in [0.15, 0.2) is 0 Å². The predicted molar refractivity (Wildman–Crippen MR) is 109 cm³/mol. The van der Waals surface area contributed by atoms with Crippen molar-refractivity contribution in [3.05, 3.63) is 75.2 Å².